The van der Waals surface area contributed by atoms with Crippen LogP contribution in [-0.2, 0) is 14.8 Å². The number of sulfonamides is 1. The van der Waals surface area contributed by atoms with E-state index >= 15 is 0 Å². The zero-order valence-electron chi connectivity index (χ0n) is 11.4. The molecule has 0 radical (unpaired) electrons. The van der Waals surface area contributed by atoms with Crippen molar-refractivity contribution in [2.24, 2.45) is 0 Å². The molecule has 1 saturated heterocycles. The first-order valence-electron chi connectivity index (χ1n) is 6.48. The van der Waals surface area contributed by atoms with Crippen molar-refractivity contribution in [3.05, 3.63) is 23.8 Å². The summed E-state index contributed by atoms with van der Waals surface area (Å²) in [6, 6.07) is 4.63. The second-order valence-electron chi connectivity index (χ2n) is 5.19. The molecule has 0 bridgehead atoms. The van der Waals surface area contributed by atoms with E-state index in [4.69, 9.17) is 10.5 Å². The summed E-state index contributed by atoms with van der Waals surface area (Å²) in [5.74, 6) is 0. The van der Waals surface area contributed by atoms with Crippen molar-refractivity contribution in [1.82, 2.24) is 4.72 Å². The van der Waals surface area contributed by atoms with Crippen LogP contribution in [0.3, 0.4) is 0 Å². The molecule has 1 aliphatic rings. The SMILES string of the molecule is Cc1cc(N)ccc1S(=O)(=O)NCC1(O)CCOCC1. The molecule has 0 saturated carbocycles. The summed E-state index contributed by atoms with van der Waals surface area (Å²) in [6.07, 6.45) is 0.854. The van der Waals surface area contributed by atoms with E-state index in [-0.39, 0.29) is 11.4 Å². The highest BCUT2D eigenvalue weighted by molar-refractivity contribution is 7.89. The number of nitrogens with two attached hydrogens (primary N) is 1. The largest absolute Gasteiger partial charge is 0.399 e. The highest BCUT2D eigenvalue weighted by Gasteiger charge is 2.31. The molecular weight excluding hydrogens is 280 g/mol. The molecule has 1 aromatic rings. The number of hydrogen-bond donors (Lipinski definition) is 3. The van der Waals surface area contributed by atoms with Crippen molar-refractivity contribution in [3.63, 3.8) is 0 Å². The number of ether oxygens (including phenoxy) is 1. The minimum atomic E-state index is -3.65. The number of anilines is 1. The third kappa shape index (κ3) is 3.49. The summed E-state index contributed by atoms with van der Waals surface area (Å²) in [5.41, 5.74) is 5.68. The van der Waals surface area contributed by atoms with Gasteiger partial charge in [0.05, 0.1) is 10.5 Å². The van der Waals surface area contributed by atoms with Gasteiger partial charge in [0.1, 0.15) is 0 Å². The Bertz CT molecular complexity index is 580. The highest BCUT2D eigenvalue weighted by atomic mass is 32.2. The van der Waals surface area contributed by atoms with E-state index in [1.165, 1.54) is 6.07 Å². The average Bonchev–Trinajstić information content (AvgIpc) is 2.37. The van der Waals surface area contributed by atoms with Crippen LogP contribution in [0.4, 0.5) is 5.69 Å². The first-order chi connectivity index (χ1) is 9.32. The van der Waals surface area contributed by atoms with Crippen LogP contribution in [-0.4, -0.2) is 38.9 Å². The lowest BCUT2D eigenvalue weighted by atomic mass is 9.95. The Kier molecular flexibility index (Phi) is 4.33. The Morgan fingerprint density at radius 2 is 2.05 bits per heavy atom. The quantitative estimate of drug-likeness (QED) is 0.699. The molecule has 4 N–H and O–H groups in total. The van der Waals surface area contributed by atoms with Gasteiger partial charge in [-0.15, -0.1) is 0 Å². The summed E-state index contributed by atoms with van der Waals surface area (Å²) in [5, 5.41) is 10.3. The van der Waals surface area contributed by atoms with Crippen LogP contribution in [0.25, 0.3) is 0 Å². The maximum absolute atomic E-state index is 12.3. The average molecular weight is 300 g/mol. The summed E-state index contributed by atoms with van der Waals surface area (Å²) in [4.78, 5) is 0.183. The van der Waals surface area contributed by atoms with Crippen LogP contribution in [0, 0.1) is 6.92 Å². The lowest BCUT2D eigenvalue weighted by Crippen LogP contribution is -2.46. The molecule has 7 heteroatoms. The predicted octanol–water partition coefficient (Wildman–Crippen LogP) is 0.397. The highest BCUT2D eigenvalue weighted by Crippen LogP contribution is 2.22. The van der Waals surface area contributed by atoms with Gasteiger partial charge < -0.3 is 15.6 Å². The maximum Gasteiger partial charge on any atom is 0.240 e. The first kappa shape index (κ1) is 15.2. The van der Waals surface area contributed by atoms with Crippen molar-refractivity contribution < 1.29 is 18.3 Å². The standard InChI is InChI=1S/C13H20N2O4S/c1-10-8-11(14)2-3-12(10)20(17,18)15-9-13(16)4-6-19-7-5-13/h2-3,8,15-16H,4-7,9,14H2,1H3. The monoisotopic (exact) mass is 300 g/mol. The van der Waals surface area contributed by atoms with Gasteiger partial charge in [-0.1, -0.05) is 0 Å². The van der Waals surface area contributed by atoms with Gasteiger partial charge in [0, 0.05) is 38.3 Å². The minimum Gasteiger partial charge on any atom is -0.399 e. The van der Waals surface area contributed by atoms with Crippen molar-refractivity contribution in [1.29, 1.82) is 0 Å². The van der Waals surface area contributed by atoms with E-state index in [9.17, 15) is 13.5 Å². The van der Waals surface area contributed by atoms with E-state index in [1.54, 1.807) is 19.1 Å². The fraction of sp³-hybridized carbons (Fsp3) is 0.538. The van der Waals surface area contributed by atoms with Gasteiger partial charge in [-0.3, -0.25) is 0 Å². The molecule has 112 valence electrons. The smallest absolute Gasteiger partial charge is 0.240 e. The van der Waals surface area contributed by atoms with Gasteiger partial charge in [0.2, 0.25) is 10.0 Å². The van der Waals surface area contributed by atoms with Gasteiger partial charge in [-0.25, -0.2) is 13.1 Å². The Labute approximate surface area is 119 Å². The van der Waals surface area contributed by atoms with E-state index in [0.717, 1.165) is 0 Å². The van der Waals surface area contributed by atoms with Gasteiger partial charge in [0.25, 0.3) is 0 Å². The molecule has 1 fully saturated rings. The molecule has 1 heterocycles. The van der Waals surface area contributed by atoms with E-state index in [1.807, 2.05) is 0 Å². The number of aryl methyl sites for hydroxylation is 1. The number of rotatable bonds is 4. The third-order valence-electron chi connectivity index (χ3n) is 3.50. The lowest BCUT2D eigenvalue weighted by Gasteiger charge is -2.32. The maximum atomic E-state index is 12.3. The molecule has 0 amide bonds. The third-order valence-corrected chi connectivity index (χ3v) is 5.06. The molecule has 1 aliphatic heterocycles. The van der Waals surface area contributed by atoms with Gasteiger partial charge in [-0.2, -0.15) is 0 Å². The minimum absolute atomic E-state index is 0.0114. The molecule has 20 heavy (non-hydrogen) atoms. The van der Waals surface area contributed by atoms with Gasteiger partial charge in [-0.05, 0) is 30.7 Å². The Morgan fingerprint density at radius 1 is 1.40 bits per heavy atom. The number of nitrogens with one attached hydrogen (secondary N) is 1. The zero-order valence-corrected chi connectivity index (χ0v) is 12.2. The molecule has 1 aromatic carbocycles. The van der Waals surface area contributed by atoms with Crippen molar-refractivity contribution in [3.8, 4) is 0 Å². The Balaban J connectivity index is 2.11. The number of aliphatic hydroxyl groups is 1. The second-order valence-corrected chi connectivity index (χ2v) is 6.92. The molecule has 0 atom stereocenters. The normalized spacial score (nSPS) is 18.9. The Hall–Kier alpha value is -1.15. The zero-order chi connectivity index (χ0) is 14.8. The van der Waals surface area contributed by atoms with E-state index < -0.39 is 15.6 Å². The van der Waals surface area contributed by atoms with Crippen LogP contribution in [0.15, 0.2) is 23.1 Å². The molecular formula is C13H20N2O4S. The molecule has 0 unspecified atom stereocenters. The van der Waals surface area contributed by atoms with Gasteiger partial charge in [0.15, 0.2) is 0 Å². The molecule has 0 aliphatic carbocycles. The number of nitrogen functional groups attached to an aromatic ring is 1. The van der Waals surface area contributed by atoms with Crippen LogP contribution in [0.5, 0.6) is 0 Å². The fourth-order valence-corrected chi connectivity index (χ4v) is 3.55. The van der Waals surface area contributed by atoms with E-state index in [0.29, 0.717) is 37.3 Å². The van der Waals surface area contributed by atoms with Crippen molar-refractivity contribution in [2.45, 2.75) is 30.3 Å². The topological polar surface area (TPSA) is 102 Å². The van der Waals surface area contributed by atoms with Crippen LogP contribution >= 0.6 is 0 Å². The van der Waals surface area contributed by atoms with Gasteiger partial charge >= 0.3 is 0 Å². The Morgan fingerprint density at radius 3 is 2.65 bits per heavy atom. The first-order valence-corrected chi connectivity index (χ1v) is 7.97. The molecule has 6 nitrogen and oxygen atoms in total. The summed E-state index contributed by atoms with van der Waals surface area (Å²) in [7, 11) is -3.65. The van der Waals surface area contributed by atoms with Crippen LogP contribution in [0.1, 0.15) is 18.4 Å². The number of hydrogen-bond acceptors (Lipinski definition) is 5. The predicted molar refractivity (Wildman–Crippen MR) is 75.8 cm³/mol. The van der Waals surface area contributed by atoms with Crippen LogP contribution in [0.2, 0.25) is 0 Å². The van der Waals surface area contributed by atoms with Crippen molar-refractivity contribution in [2.75, 3.05) is 25.5 Å². The second kappa shape index (κ2) is 5.69. The summed E-state index contributed by atoms with van der Waals surface area (Å²) < 4.78 is 32.1. The summed E-state index contributed by atoms with van der Waals surface area (Å²) in [6.45, 7) is 2.56. The fourth-order valence-electron chi connectivity index (χ4n) is 2.21. The number of benzene rings is 1. The lowest BCUT2D eigenvalue weighted by molar-refractivity contribution is -0.0588. The van der Waals surface area contributed by atoms with E-state index in [2.05, 4.69) is 4.72 Å². The molecule has 0 aromatic heterocycles. The van der Waals surface area contributed by atoms with Crippen LogP contribution < -0.4 is 10.5 Å². The van der Waals surface area contributed by atoms with Crippen molar-refractivity contribution >= 4 is 15.7 Å². The summed E-state index contributed by atoms with van der Waals surface area (Å²) >= 11 is 0. The molecule has 2 rings (SSSR count). The molecule has 0 spiro atoms.